The number of ether oxygens (including phenoxy) is 1. The molecular formula is C24H14ClF3N8O4S. The SMILES string of the molecule is O=C(OC(=O)C(F)(F)F)c1csc(-c2cnc([C@@H]3CCc4cc(-c5cc(Cl)ccc5-c5nnn[nH]5)cc(=O)n43)[nH]2)n1. The predicted octanol–water partition coefficient (Wildman–Crippen LogP) is 3.98. The van der Waals surface area contributed by atoms with Crippen molar-refractivity contribution >= 4 is 34.9 Å². The number of tetrazole rings is 1. The second-order valence-electron chi connectivity index (χ2n) is 8.83. The summed E-state index contributed by atoms with van der Waals surface area (Å²) in [5.41, 5.74) is 2.39. The number of esters is 2. The maximum Gasteiger partial charge on any atom is 0.491 e. The highest BCUT2D eigenvalue weighted by atomic mass is 35.5. The number of thiazole rings is 1. The Morgan fingerprint density at radius 3 is 2.76 bits per heavy atom. The molecule has 0 saturated carbocycles. The van der Waals surface area contributed by atoms with Crippen LogP contribution in [0.5, 0.6) is 0 Å². The van der Waals surface area contributed by atoms with E-state index in [9.17, 15) is 27.6 Å². The summed E-state index contributed by atoms with van der Waals surface area (Å²) < 4.78 is 42.6. The second kappa shape index (κ2) is 10.0. The molecule has 0 radical (unpaired) electrons. The van der Waals surface area contributed by atoms with Crippen LogP contribution in [0.3, 0.4) is 0 Å². The first-order valence-corrected chi connectivity index (χ1v) is 13.0. The summed E-state index contributed by atoms with van der Waals surface area (Å²) in [5, 5.41) is 15.8. The summed E-state index contributed by atoms with van der Waals surface area (Å²) in [6.45, 7) is 0. The van der Waals surface area contributed by atoms with Gasteiger partial charge in [-0.05, 0) is 58.7 Å². The minimum atomic E-state index is -5.31. The number of nitrogens with zero attached hydrogens (tertiary/aromatic N) is 6. The van der Waals surface area contributed by atoms with Crippen molar-refractivity contribution in [2.45, 2.75) is 25.1 Å². The van der Waals surface area contributed by atoms with Gasteiger partial charge in [-0.15, -0.1) is 16.4 Å². The third-order valence-electron chi connectivity index (χ3n) is 6.30. The number of carbonyl (C=O) groups excluding carboxylic acids is 2. The van der Waals surface area contributed by atoms with Gasteiger partial charge in [0.2, 0.25) is 0 Å². The molecule has 0 spiro atoms. The number of rotatable bonds is 5. The molecular weight excluding hydrogens is 589 g/mol. The average Bonchev–Trinajstić information content (AvgIpc) is 3.73. The van der Waals surface area contributed by atoms with Gasteiger partial charge in [-0.25, -0.2) is 24.7 Å². The van der Waals surface area contributed by atoms with Crippen molar-refractivity contribution in [1.29, 1.82) is 0 Å². The number of imidazole rings is 1. The van der Waals surface area contributed by atoms with Gasteiger partial charge < -0.3 is 14.3 Å². The van der Waals surface area contributed by atoms with E-state index in [0.29, 0.717) is 51.9 Å². The molecule has 17 heteroatoms. The number of nitrogens with one attached hydrogen (secondary N) is 2. The minimum Gasteiger partial charge on any atom is -0.381 e. The predicted molar refractivity (Wildman–Crippen MR) is 137 cm³/mol. The fourth-order valence-electron chi connectivity index (χ4n) is 4.54. The smallest absolute Gasteiger partial charge is 0.381 e. The number of benzene rings is 1. The number of fused-ring (bicyclic) bond motifs is 1. The van der Waals surface area contributed by atoms with E-state index in [4.69, 9.17) is 11.6 Å². The maximum atomic E-state index is 13.4. The number of aromatic amines is 2. The third kappa shape index (κ3) is 5.02. The first-order valence-electron chi connectivity index (χ1n) is 11.7. The lowest BCUT2D eigenvalue weighted by Crippen LogP contribution is -2.28. The van der Waals surface area contributed by atoms with Crippen LogP contribution in [0.4, 0.5) is 13.2 Å². The largest absolute Gasteiger partial charge is 0.491 e. The molecule has 208 valence electrons. The standard InChI is InChI=1S/C24H14ClF3N8O4S/c25-11-1-3-13(19-32-34-35-33-19)14(7-11)10-5-12-2-4-17(36(12)18(37)6-10)20-29-8-15(30-20)21-31-16(9-41-21)22(38)40-23(39)24(26,27)28/h1,3,5-9,17H,2,4H2,(H,29,30)(H,32,33,34,35)/t17-/m0/s1. The van der Waals surface area contributed by atoms with E-state index in [2.05, 4.69) is 40.3 Å². The Morgan fingerprint density at radius 1 is 1.17 bits per heavy atom. The van der Waals surface area contributed by atoms with Gasteiger partial charge in [0, 0.05) is 27.7 Å². The summed E-state index contributed by atoms with van der Waals surface area (Å²) >= 11 is 7.19. The Morgan fingerprint density at radius 2 is 2.00 bits per heavy atom. The number of H-pyrrole nitrogens is 2. The molecule has 2 N–H and O–H groups in total. The van der Waals surface area contributed by atoms with Gasteiger partial charge in [0.05, 0.1) is 17.9 Å². The lowest BCUT2D eigenvalue weighted by atomic mass is 9.99. The zero-order valence-corrected chi connectivity index (χ0v) is 21.8. The van der Waals surface area contributed by atoms with E-state index in [0.717, 1.165) is 22.4 Å². The lowest BCUT2D eigenvalue weighted by Gasteiger charge is -2.14. The minimum absolute atomic E-state index is 0.228. The molecule has 0 fully saturated rings. The number of carbonyl (C=O) groups is 2. The van der Waals surface area contributed by atoms with Gasteiger partial charge in [-0.1, -0.05) is 11.6 Å². The highest BCUT2D eigenvalue weighted by molar-refractivity contribution is 7.13. The summed E-state index contributed by atoms with van der Waals surface area (Å²) in [6.07, 6.45) is -2.74. The Labute approximate surface area is 235 Å². The van der Waals surface area contributed by atoms with Crippen LogP contribution in [0.1, 0.15) is 34.5 Å². The molecule has 0 bridgehead atoms. The van der Waals surface area contributed by atoms with Crippen LogP contribution >= 0.6 is 22.9 Å². The first-order chi connectivity index (χ1) is 19.6. The van der Waals surface area contributed by atoms with Crippen LogP contribution in [0, 0.1) is 0 Å². The quantitative estimate of drug-likeness (QED) is 0.224. The van der Waals surface area contributed by atoms with E-state index in [1.165, 1.54) is 12.3 Å². The highest BCUT2D eigenvalue weighted by Gasteiger charge is 2.43. The van der Waals surface area contributed by atoms with Gasteiger partial charge in [-0.2, -0.15) is 13.2 Å². The Balaban J connectivity index is 1.27. The van der Waals surface area contributed by atoms with Gasteiger partial charge in [-0.3, -0.25) is 4.79 Å². The Bertz CT molecular complexity index is 1860. The zero-order chi connectivity index (χ0) is 28.9. The highest BCUT2D eigenvalue weighted by Crippen LogP contribution is 2.36. The van der Waals surface area contributed by atoms with Crippen LogP contribution in [0.2, 0.25) is 5.02 Å². The fraction of sp³-hybridized carbons (Fsp3) is 0.167. The van der Waals surface area contributed by atoms with Crippen molar-refractivity contribution in [3.05, 3.63) is 74.5 Å². The monoisotopic (exact) mass is 602 g/mol. The number of hydrogen-bond acceptors (Lipinski definition) is 10. The van der Waals surface area contributed by atoms with Gasteiger partial charge in [0.25, 0.3) is 5.56 Å². The summed E-state index contributed by atoms with van der Waals surface area (Å²) in [7, 11) is 0. The molecule has 4 aromatic heterocycles. The number of pyridine rings is 1. The van der Waals surface area contributed by atoms with Crippen molar-refractivity contribution < 1.29 is 27.5 Å². The number of hydrogen-bond donors (Lipinski definition) is 2. The van der Waals surface area contributed by atoms with Crippen LogP contribution in [0.25, 0.3) is 33.2 Å². The fourth-order valence-corrected chi connectivity index (χ4v) is 5.47. The Kier molecular flexibility index (Phi) is 6.50. The zero-order valence-electron chi connectivity index (χ0n) is 20.3. The molecule has 5 heterocycles. The van der Waals surface area contributed by atoms with E-state index in [1.54, 1.807) is 22.8 Å². The van der Waals surface area contributed by atoms with Crippen molar-refractivity contribution in [2.75, 3.05) is 0 Å². The number of alkyl halides is 3. The van der Waals surface area contributed by atoms with Crippen molar-refractivity contribution in [2.24, 2.45) is 0 Å². The molecule has 5 aromatic rings. The van der Waals surface area contributed by atoms with Crippen molar-refractivity contribution in [3.63, 3.8) is 0 Å². The van der Waals surface area contributed by atoms with Crippen LogP contribution in [0.15, 0.2) is 46.7 Å². The second-order valence-corrected chi connectivity index (χ2v) is 10.1. The molecule has 1 atom stereocenters. The normalized spacial score (nSPS) is 14.7. The molecule has 1 aliphatic rings. The molecule has 41 heavy (non-hydrogen) atoms. The molecule has 0 amide bonds. The molecule has 12 nitrogen and oxygen atoms in total. The third-order valence-corrected chi connectivity index (χ3v) is 7.41. The molecule has 1 aromatic carbocycles. The van der Waals surface area contributed by atoms with E-state index in [-0.39, 0.29) is 10.6 Å². The number of aromatic nitrogens is 8. The topological polar surface area (TPSA) is 161 Å². The molecule has 0 unspecified atom stereocenters. The summed E-state index contributed by atoms with van der Waals surface area (Å²) in [5.74, 6) is -3.28. The van der Waals surface area contributed by atoms with Crippen LogP contribution in [-0.4, -0.2) is 58.3 Å². The van der Waals surface area contributed by atoms with Gasteiger partial charge >= 0.3 is 18.1 Å². The summed E-state index contributed by atoms with van der Waals surface area (Å²) in [4.78, 5) is 47.6. The van der Waals surface area contributed by atoms with E-state index < -0.39 is 29.9 Å². The molecule has 6 rings (SSSR count). The van der Waals surface area contributed by atoms with Crippen LogP contribution < -0.4 is 5.56 Å². The molecule has 1 aliphatic heterocycles. The van der Waals surface area contributed by atoms with E-state index >= 15 is 0 Å². The molecule has 0 saturated heterocycles. The van der Waals surface area contributed by atoms with Crippen LogP contribution in [-0.2, 0) is 16.0 Å². The lowest BCUT2D eigenvalue weighted by molar-refractivity contribution is -0.193. The van der Waals surface area contributed by atoms with Gasteiger partial charge in [0.1, 0.15) is 10.8 Å². The number of halogens is 4. The van der Waals surface area contributed by atoms with Crippen molar-refractivity contribution in [3.8, 4) is 33.2 Å². The summed E-state index contributed by atoms with van der Waals surface area (Å²) in [6, 6.07) is 8.15. The maximum absolute atomic E-state index is 13.4. The van der Waals surface area contributed by atoms with Crippen molar-refractivity contribution in [1.82, 2.24) is 40.1 Å². The van der Waals surface area contributed by atoms with E-state index in [1.807, 2.05) is 6.07 Å². The average molecular weight is 603 g/mol. The number of aryl methyl sites for hydroxylation is 1. The Hall–Kier alpha value is -4.70. The van der Waals surface area contributed by atoms with Gasteiger partial charge in [0.15, 0.2) is 11.5 Å². The molecule has 0 aliphatic carbocycles. The first kappa shape index (κ1) is 26.5.